The van der Waals surface area contributed by atoms with Crippen molar-refractivity contribution >= 4 is 27.3 Å². The van der Waals surface area contributed by atoms with Crippen molar-refractivity contribution in [3.8, 4) is 0 Å². The van der Waals surface area contributed by atoms with Gasteiger partial charge in [-0.15, -0.1) is 11.3 Å². The van der Waals surface area contributed by atoms with Gasteiger partial charge in [0.2, 0.25) is 0 Å². The minimum Gasteiger partial charge on any atom is -0.464 e. The molecule has 0 bridgehead atoms. The van der Waals surface area contributed by atoms with Gasteiger partial charge in [0, 0.05) is 6.04 Å². The number of nitrogens with zero attached hydrogens (tertiary/aromatic N) is 1. The molecule has 0 amide bonds. The van der Waals surface area contributed by atoms with Crippen LogP contribution in [0.15, 0.2) is 9.72 Å². The number of sulfonamides is 1. The molecule has 2 atom stereocenters. The maximum absolute atomic E-state index is 12.3. The van der Waals surface area contributed by atoms with Gasteiger partial charge in [-0.1, -0.05) is 12.8 Å². The summed E-state index contributed by atoms with van der Waals surface area (Å²) < 4.78 is 31.4. The molecule has 1 saturated carbocycles. The SMILES string of the molecule is COC(=O)c1ncsc1S(=O)(=O)NC1CCCCC1O. The number of carbonyl (C=O) groups excluding carboxylic acids is 1. The number of methoxy groups -OCH3 is 1. The van der Waals surface area contributed by atoms with Crippen molar-refractivity contribution in [2.45, 2.75) is 42.0 Å². The van der Waals surface area contributed by atoms with Crippen LogP contribution in [0.5, 0.6) is 0 Å². The van der Waals surface area contributed by atoms with Crippen molar-refractivity contribution < 1.29 is 23.1 Å². The van der Waals surface area contributed by atoms with Crippen LogP contribution in [0.1, 0.15) is 36.2 Å². The van der Waals surface area contributed by atoms with Crippen LogP contribution in [0.4, 0.5) is 0 Å². The minimum atomic E-state index is -3.89. The first kappa shape index (κ1) is 15.4. The van der Waals surface area contributed by atoms with Crippen molar-refractivity contribution in [1.29, 1.82) is 0 Å². The zero-order valence-electron chi connectivity index (χ0n) is 10.9. The van der Waals surface area contributed by atoms with Gasteiger partial charge < -0.3 is 9.84 Å². The van der Waals surface area contributed by atoms with E-state index in [4.69, 9.17) is 0 Å². The Morgan fingerprint density at radius 2 is 2.20 bits per heavy atom. The first-order valence-corrected chi connectivity index (χ1v) is 8.54. The smallest absolute Gasteiger partial charge is 0.358 e. The summed E-state index contributed by atoms with van der Waals surface area (Å²) >= 11 is 0.846. The molecular formula is C11H16N2O5S2. The minimum absolute atomic E-state index is 0.179. The van der Waals surface area contributed by atoms with Gasteiger partial charge in [0.05, 0.1) is 18.7 Å². The van der Waals surface area contributed by atoms with Crippen LogP contribution in [0.3, 0.4) is 0 Å². The monoisotopic (exact) mass is 320 g/mol. The lowest BCUT2D eigenvalue weighted by molar-refractivity contribution is 0.0590. The maximum atomic E-state index is 12.3. The largest absolute Gasteiger partial charge is 0.464 e. The van der Waals surface area contributed by atoms with Gasteiger partial charge in [-0.25, -0.2) is 22.9 Å². The van der Waals surface area contributed by atoms with E-state index in [-0.39, 0.29) is 9.90 Å². The van der Waals surface area contributed by atoms with E-state index in [1.165, 1.54) is 5.51 Å². The van der Waals surface area contributed by atoms with Gasteiger partial charge in [0.25, 0.3) is 10.0 Å². The highest BCUT2D eigenvalue weighted by Crippen LogP contribution is 2.24. The normalized spacial score (nSPS) is 23.5. The number of aliphatic hydroxyl groups excluding tert-OH is 1. The fourth-order valence-corrected chi connectivity index (χ4v) is 4.61. The molecule has 0 radical (unpaired) electrons. The number of hydrogen-bond donors (Lipinski definition) is 2. The predicted octanol–water partition coefficient (Wildman–Crippen LogP) is 0.511. The molecule has 1 aliphatic rings. The molecule has 0 aromatic carbocycles. The highest BCUT2D eigenvalue weighted by molar-refractivity contribution is 7.91. The van der Waals surface area contributed by atoms with Crippen LogP contribution in [0, 0.1) is 0 Å². The average Bonchev–Trinajstić information content (AvgIpc) is 2.90. The highest BCUT2D eigenvalue weighted by atomic mass is 32.2. The van der Waals surface area contributed by atoms with E-state index in [9.17, 15) is 18.3 Å². The number of rotatable bonds is 4. The average molecular weight is 320 g/mol. The lowest BCUT2D eigenvalue weighted by Crippen LogP contribution is -2.45. The van der Waals surface area contributed by atoms with Crippen LogP contribution < -0.4 is 4.72 Å². The third kappa shape index (κ3) is 3.17. The molecule has 2 rings (SSSR count). The van der Waals surface area contributed by atoms with E-state index >= 15 is 0 Å². The zero-order chi connectivity index (χ0) is 14.8. The number of aromatic nitrogens is 1. The molecule has 20 heavy (non-hydrogen) atoms. The van der Waals surface area contributed by atoms with E-state index in [1.807, 2.05) is 0 Å². The molecule has 1 aromatic rings. The molecule has 1 fully saturated rings. The third-order valence-electron chi connectivity index (χ3n) is 3.19. The lowest BCUT2D eigenvalue weighted by atomic mass is 9.93. The van der Waals surface area contributed by atoms with Gasteiger partial charge in [0.1, 0.15) is 0 Å². The van der Waals surface area contributed by atoms with Crippen molar-refractivity contribution in [1.82, 2.24) is 9.71 Å². The van der Waals surface area contributed by atoms with Crippen LogP contribution >= 0.6 is 11.3 Å². The summed E-state index contributed by atoms with van der Waals surface area (Å²) in [5.41, 5.74) is 1.05. The molecule has 2 N–H and O–H groups in total. The quantitative estimate of drug-likeness (QED) is 0.783. The molecule has 2 unspecified atom stereocenters. The van der Waals surface area contributed by atoms with Gasteiger partial charge >= 0.3 is 5.97 Å². The summed E-state index contributed by atoms with van der Waals surface area (Å²) in [6.45, 7) is 0. The highest BCUT2D eigenvalue weighted by Gasteiger charge is 2.32. The van der Waals surface area contributed by atoms with E-state index in [0.29, 0.717) is 12.8 Å². The first-order chi connectivity index (χ1) is 9.45. The van der Waals surface area contributed by atoms with Crippen LogP contribution in [0.2, 0.25) is 0 Å². The number of carbonyl (C=O) groups is 1. The second-order valence-corrected chi connectivity index (χ2v) is 7.32. The number of hydrogen-bond acceptors (Lipinski definition) is 7. The third-order valence-corrected chi connectivity index (χ3v) is 6.05. The van der Waals surface area contributed by atoms with Crippen LogP contribution in [-0.4, -0.2) is 43.7 Å². The summed E-state index contributed by atoms with van der Waals surface area (Å²) in [5, 5.41) is 9.82. The lowest BCUT2D eigenvalue weighted by Gasteiger charge is -2.27. The topological polar surface area (TPSA) is 106 Å². The Kier molecular flexibility index (Phi) is 4.74. The van der Waals surface area contributed by atoms with Crippen molar-refractivity contribution in [3.05, 3.63) is 11.2 Å². The van der Waals surface area contributed by atoms with Crippen molar-refractivity contribution in [2.75, 3.05) is 7.11 Å². The molecule has 1 aliphatic carbocycles. The van der Waals surface area contributed by atoms with Gasteiger partial charge in [-0.05, 0) is 12.8 Å². The Hall–Kier alpha value is -1.03. The molecule has 1 heterocycles. The second kappa shape index (κ2) is 6.17. The summed E-state index contributed by atoms with van der Waals surface area (Å²) in [6.07, 6.45) is 2.18. The first-order valence-electron chi connectivity index (χ1n) is 6.18. The standard InChI is InChI=1S/C11H16N2O5S2/c1-18-10(15)9-11(19-6-12-9)20(16,17)13-7-4-2-3-5-8(7)14/h6-8,13-14H,2-5H2,1H3. The predicted molar refractivity (Wildman–Crippen MR) is 72.0 cm³/mol. The van der Waals surface area contributed by atoms with E-state index in [0.717, 1.165) is 31.3 Å². The Morgan fingerprint density at radius 1 is 1.50 bits per heavy atom. The van der Waals surface area contributed by atoms with Crippen molar-refractivity contribution in [3.63, 3.8) is 0 Å². The Morgan fingerprint density at radius 3 is 2.85 bits per heavy atom. The number of nitrogens with one attached hydrogen (secondary N) is 1. The zero-order valence-corrected chi connectivity index (χ0v) is 12.5. The van der Waals surface area contributed by atoms with E-state index in [2.05, 4.69) is 14.4 Å². The van der Waals surface area contributed by atoms with Crippen molar-refractivity contribution in [2.24, 2.45) is 0 Å². The number of aliphatic hydroxyl groups is 1. The molecule has 0 saturated heterocycles. The molecule has 1 aromatic heterocycles. The Balaban J connectivity index is 2.22. The number of esters is 1. The van der Waals surface area contributed by atoms with Crippen LogP contribution in [-0.2, 0) is 14.8 Å². The fraction of sp³-hybridized carbons (Fsp3) is 0.636. The molecule has 7 nitrogen and oxygen atoms in total. The van der Waals surface area contributed by atoms with E-state index in [1.54, 1.807) is 0 Å². The summed E-state index contributed by atoms with van der Waals surface area (Å²) in [7, 11) is -2.73. The number of thiazole rings is 1. The molecule has 0 spiro atoms. The summed E-state index contributed by atoms with van der Waals surface area (Å²) in [4.78, 5) is 15.2. The number of ether oxygens (including phenoxy) is 1. The summed E-state index contributed by atoms with van der Waals surface area (Å²) in [6, 6.07) is -0.527. The second-order valence-electron chi connectivity index (χ2n) is 4.56. The van der Waals surface area contributed by atoms with Crippen LogP contribution in [0.25, 0.3) is 0 Å². The maximum Gasteiger partial charge on any atom is 0.358 e. The van der Waals surface area contributed by atoms with Gasteiger partial charge in [0.15, 0.2) is 9.90 Å². The summed E-state index contributed by atoms with van der Waals surface area (Å²) in [5.74, 6) is -0.796. The molecule has 112 valence electrons. The molecule has 9 heteroatoms. The Bertz CT molecular complexity index is 583. The van der Waals surface area contributed by atoms with Gasteiger partial charge in [-0.3, -0.25) is 0 Å². The van der Waals surface area contributed by atoms with E-state index < -0.39 is 28.1 Å². The molecular weight excluding hydrogens is 304 g/mol. The Labute approximate surface area is 121 Å². The fourth-order valence-electron chi connectivity index (χ4n) is 2.16. The molecule has 0 aliphatic heterocycles. The van der Waals surface area contributed by atoms with Gasteiger partial charge in [-0.2, -0.15) is 0 Å².